The minimum atomic E-state index is -0.151. The Labute approximate surface area is 142 Å². The summed E-state index contributed by atoms with van der Waals surface area (Å²) in [6, 6.07) is 8.48. The zero-order valence-corrected chi connectivity index (χ0v) is 14.1. The van der Waals surface area contributed by atoms with Crippen molar-refractivity contribution in [2.45, 2.75) is 44.8 Å². The van der Waals surface area contributed by atoms with E-state index in [0.717, 1.165) is 25.0 Å². The minimum absolute atomic E-state index is 0.0679. The van der Waals surface area contributed by atoms with E-state index in [9.17, 15) is 9.59 Å². The predicted molar refractivity (Wildman–Crippen MR) is 89.7 cm³/mol. The molecule has 5 heteroatoms. The van der Waals surface area contributed by atoms with Crippen LogP contribution in [-0.2, 0) is 16.0 Å². The molecule has 0 bridgehead atoms. The van der Waals surface area contributed by atoms with E-state index >= 15 is 0 Å². The van der Waals surface area contributed by atoms with Crippen molar-refractivity contribution in [2.75, 3.05) is 19.6 Å². The van der Waals surface area contributed by atoms with Crippen LogP contribution in [0.5, 0.6) is 5.75 Å². The van der Waals surface area contributed by atoms with Crippen LogP contribution in [0.4, 0.5) is 0 Å². The van der Waals surface area contributed by atoms with Gasteiger partial charge in [-0.2, -0.15) is 0 Å². The first-order valence-corrected chi connectivity index (χ1v) is 8.98. The van der Waals surface area contributed by atoms with Crippen molar-refractivity contribution in [3.63, 3.8) is 0 Å². The van der Waals surface area contributed by atoms with E-state index in [1.807, 2.05) is 28.0 Å². The smallest absolute Gasteiger partial charge is 0.228 e. The second-order valence-corrected chi connectivity index (χ2v) is 7.12. The SMILES string of the molecule is CCc1ccccc1OC1CN(C(=O)[C@@H]2CC(=O)N(C3CC3)C2)C1. The number of benzene rings is 1. The first kappa shape index (κ1) is 15.5. The van der Waals surface area contributed by atoms with E-state index in [0.29, 0.717) is 32.1 Å². The van der Waals surface area contributed by atoms with Gasteiger partial charge in [-0.1, -0.05) is 25.1 Å². The van der Waals surface area contributed by atoms with Crippen molar-refractivity contribution in [1.29, 1.82) is 0 Å². The van der Waals surface area contributed by atoms with Crippen LogP contribution >= 0.6 is 0 Å². The summed E-state index contributed by atoms with van der Waals surface area (Å²) in [5.41, 5.74) is 1.20. The Morgan fingerprint density at radius 3 is 2.67 bits per heavy atom. The predicted octanol–water partition coefficient (Wildman–Crippen LogP) is 1.85. The van der Waals surface area contributed by atoms with E-state index in [1.165, 1.54) is 5.56 Å². The van der Waals surface area contributed by atoms with Gasteiger partial charge in [0.2, 0.25) is 11.8 Å². The van der Waals surface area contributed by atoms with Crippen molar-refractivity contribution >= 4 is 11.8 Å². The summed E-state index contributed by atoms with van der Waals surface area (Å²) in [4.78, 5) is 28.3. The molecule has 2 saturated heterocycles. The molecule has 1 aromatic rings. The number of para-hydroxylation sites is 1. The molecule has 2 amide bonds. The number of aryl methyl sites for hydroxylation is 1. The van der Waals surface area contributed by atoms with Gasteiger partial charge in [-0.25, -0.2) is 0 Å². The highest BCUT2D eigenvalue weighted by atomic mass is 16.5. The van der Waals surface area contributed by atoms with Crippen LogP contribution in [0.2, 0.25) is 0 Å². The first-order chi connectivity index (χ1) is 11.7. The van der Waals surface area contributed by atoms with Crippen LogP contribution in [0, 0.1) is 5.92 Å². The highest BCUT2D eigenvalue weighted by molar-refractivity contribution is 5.90. The maximum atomic E-state index is 12.6. The van der Waals surface area contributed by atoms with E-state index in [-0.39, 0.29) is 23.8 Å². The molecule has 0 radical (unpaired) electrons. The summed E-state index contributed by atoms with van der Waals surface area (Å²) in [5.74, 6) is 1.05. The van der Waals surface area contributed by atoms with Gasteiger partial charge < -0.3 is 14.5 Å². The molecule has 128 valence electrons. The molecule has 0 spiro atoms. The third kappa shape index (κ3) is 2.87. The van der Waals surface area contributed by atoms with Crippen molar-refractivity contribution in [1.82, 2.24) is 9.80 Å². The van der Waals surface area contributed by atoms with Gasteiger partial charge in [0.05, 0.1) is 19.0 Å². The molecule has 4 rings (SSSR count). The average molecular weight is 328 g/mol. The molecule has 2 aliphatic heterocycles. The van der Waals surface area contributed by atoms with E-state index < -0.39 is 0 Å². The van der Waals surface area contributed by atoms with Crippen LogP contribution in [0.3, 0.4) is 0 Å². The van der Waals surface area contributed by atoms with Gasteiger partial charge in [-0.3, -0.25) is 9.59 Å². The summed E-state index contributed by atoms with van der Waals surface area (Å²) < 4.78 is 6.03. The number of carbonyl (C=O) groups excluding carboxylic acids is 2. The number of nitrogens with zero attached hydrogens (tertiary/aromatic N) is 2. The van der Waals surface area contributed by atoms with Crippen LogP contribution in [-0.4, -0.2) is 53.4 Å². The molecular formula is C19H24N2O3. The largest absolute Gasteiger partial charge is 0.486 e. The van der Waals surface area contributed by atoms with Gasteiger partial charge >= 0.3 is 0 Å². The first-order valence-electron chi connectivity index (χ1n) is 8.98. The maximum Gasteiger partial charge on any atom is 0.228 e. The van der Waals surface area contributed by atoms with Crippen LogP contribution in [0.25, 0.3) is 0 Å². The van der Waals surface area contributed by atoms with E-state index in [1.54, 1.807) is 0 Å². The molecule has 1 atom stereocenters. The van der Waals surface area contributed by atoms with Gasteiger partial charge in [0.25, 0.3) is 0 Å². The zero-order valence-electron chi connectivity index (χ0n) is 14.1. The topological polar surface area (TPSA) is 49.9 Å². The normalized spacial score (nSPS) is 24.2. The molecule has 2 heterocycles. The van der Waals surface area contributed by atoms with Crippen LogP contribution in [0.15, 0.2) is 24.3 Å². The monoisotopic (exact) mass is 328 g/mol. The Hall–Kier alpha value is -2.04. The molecule has 0 N–H and O–H groups in total. The van der Waals surface area contributed by atoms with E-state index in [2.05, 4.69) is 13.0 Å². The lowest BCUT2D eigenvalue weighted by Gasteiger charge is -2.40. The van der Waals surface area contributed by atoms with Gasteiger partial charge in [0, 0.05) is 19.0 Å². The average Bonchev–Trinajstić information content (AvgIpc) is 3.32. The molecular weight excluding hydrogens is 304 g/mol. The number of hydrogen-bond acceptors (Lipinski definition) is 3. The molecule has 5 nitrogen and oxygen atoms in total. The molecule has 1 aliphatic carbocycles. The Kier molecular flexibility index (Phi) is 3.94. The molecule has 24 heavy (non-hydrogen) atoms. The Balaban J connectivity index is 1.29. The van der Waals surface area contributed by atoms with E-state index in [4.69, 9.17) is 4.74 Å². The summed E-state index contributed by atoms with van der Waals surface area (Å²) in [5, 5.41) is 0. The fourth-order valence-electron chi connectivity index (χ4n) is 3.68. The van der Waals surface area contributed by atoms with Crippen molar-refractivity contribution in [2.24, 2.45) is 5.92 Å². The van der Waals surface area contributed by atoms with Crippen molar-refractivity contribution in [3.05, 3.63) is 29.8 Å². The second kappa shape index (κ2) is 6.11. The number of amides is 2. The third-order valence-corrected chi connectivity index (χ3v) is 5.30. The Bertz CT molecular complexity index is 650. The minimum Gasteiger partial charge on any atom is -0.486 e. The standard InChI is InChI=1S/C19H24N2O3/c1-2-13-5-3-4-6-17(13)24-16-11-20(12-16)19(23)14-9-18(22)21(10-14)15-7-8-15/h3-6,14-16H,2,7-12H2,1H3/t14-/m1/s1. The molecule has 1 saturated carbocycles. The van der Waals surface area contributed by atoms with Gasteiger partial charge in [0.1, 0.15) is 11.9 Å². The number of hydrogen-bond donors (Lipinski definition) is 0. The summed E-state index contributed by atoms with van der Waals surface area (Å²) in [6.07, 6.45) is 3.59. The maximum absolute atomic E-state index is 12.6. The van der Waals surface area contributed by atoms with Gasteiger partial charge in [0.15, 0.2) is 0 Å². The highest BCUT2D eigenvalue weighted by Gasteiger charge is 2.45. The molecule has 3 aliphatic rings. The van der Waals surface area contributed by atoms with Gasteiger partial charge in [-0.15, -0.1) is 0 Å². The number of rotatable bonds is 5. The molecule has 0 aromatic heterocycles. The molecule has 3 fully saturated rings. The quantitative estimate of drug-likeness (QED) is 0.829. The summed E-state index contributed by atoms with van der Waals surface area (Å²) >= 11 is 0. The fraction of sp³-hybridized carbons (Fsp3) is 0.579. The number of likely N-dealkylation sites (tertiary alicyclic amines) is 2. The lowest BCUT2D eigenvalue weighted by molar-refractivity contribution is -0.144. The van der Waals surface area contributed by atoms with Crippen LogP contribution in [0.1, 0.15) is 31.7 Å². The third-order valence-electron chi connectivity index (χ3n) is 5.30. The Morgan fingerprint density at radius 1 is 1.21 bits per heavy atom. The van der Waals surface area contributed by atoms with Gasteiger partial charge in [-0.05, 0) is 30.9 Å². The summed E-state index contributed by atoms with van der Waals surface area (Å²) in [6.45, 7) is 3.99. The zero-order chi connectivity index (χ0) is 16.7. The van der Waals surface area contributed by atoms with Crippen LogP contribution < -0.4 is 4.74 Å². The Morgan fingerprint density at radius 2 is 1.96 bits per heavy atom. The highest BCUT2D eigenvalue weighted by Crippen LogP contribution is 2.34. The van der Waals surface area contributed by atoms with Crippen molar-refractivity contribution in [3.8, 4) is 5.75 Å². The number of carbonyl (C=O) groups is 2. The molecule has 1 aromatic carbocycles. The van der Waals surface area contributed by atoms with Crippen molar-refractivity contribution < 1.29 is 14.3 Å². The molecule has 0 unspecified atom stereocenters. The lowest BCUT2D eigenvalue weighted by atomic mass is 10.0. The second-order valence-electron chi connectivity index (χ2n) is 7.12. The lowest BCUT2D eigenvalue weighted by Crippen LogP contribution is -2.57. The summed E-state index contributed by atoms with van der Waals surface area (Å²) in [7, 11) is 0. The number of ether oxygens (including phenoxy) is 1. The fourth-order valence-corrected chi connectivity index (χ4v) is 3.68.